The molecule has 0 saturated carbocycles. The zero-order valence-corrected chi connectivity index (χ0v) is 9.61. The third kappa shape index (κ3) is 3.50. The Morgan fingerprint density at radius 3 is 2.71 bits per heavy atom. The number of rotatable bonds is 4. The lowest BCUT2D eigenvalue weighted by Gasteiger charge is -2.20. The van der Waals surface area contributed by atoms with Gasteiger partial charge in [-0.15, -0.1) is 11.8 Å². The molecule has 1 aromatic rings. The van der Waals surface area contributed by atoms with Crippen molar-refractivity contribution in [3.8, 4) is 0 Å². The van der Waals surface area contributed by atoms with Gasteiger partial charge >= 0.3 is 0 Å². The van der Waals surface area contributed by atoms with Crippen molar-refractivity contribution >= 4 is 23.4 Å². The van der Waals surface area contributed by atoms with Crippen molar-refractivity contribution in [2.24, 2.45) is 5.73 Å². The van der Waals surface area contributed by atoms with E-state index in [2.05, 4.69) is 0 Å². The van der Waals surface area contributed by atoms with Gasteiger partial charge in [-0.1, -0.05) is 23.7 Å². The molecule has 0 amide bonds. The number of hydrogen-bond acceptors (Lipinski definition) is 3. The molecule has 4 heteroatoms. The second kappa shape index (κ2) is 5.03. The van der Waals surface area contributed by atoms with E-state index in [9.17, 15) is 0 Å². The van der Waals surface area contributed by atoms with E-state index in [-0.39, 0.29) is 6.61 Å². The molecular formula is C10H14ClNOS. The van der Waals surface area contributed by atoms with Crippen molar-refractivity contribution < 1.29 is 5.11 Å². The van der Waals surface area contributed by atoms with Crippen molar-refractivity contribution in [1.82, 2.24) is 0 Å². The SMILES string of the molecule is CC(N)(CO)CSc1ccccc1Cl. The Bertz CT molecular complexity index is 304. The fourth-order valence-corrected chi connectivity index (χ4v) is 2.11. The summed E-state index contributed by atoms with van der Waals surface area (Å²) >= 11 is 7.53. The highest BCUT2D eigenvalue weighted by Gasteiger charge is 2.17. The quantitative estimate of drug-likeness (QED) is 0.781. The number of benzene rings is 1. The number of thioether (sulfide) groups is 1. The molecule has 2 nitrogen and oxygen atoms in total. The summed E-state index contributed by atoms with van der Waals surface area (Å²) < 4.78 is 0. The Balaban J connectivity index is 2.58. The molecule has 0 heterocycles. The van der Waals surface area contributed by atoms with Crippen LogP contribution in [0, 0.1) is 0 Å². The van der Waals surface area contributed by atoms with E-state index >= 15 is 0 Å². The van der Waals surface area contributed by atoms with Crippen LogP contribution in [0.2, 0.25) is 5.02 Å². The van der Waals surface area contributed by atoms with Gasteiger partial charge in [0.2, 0.25) is 0 Å². The molecule has 14 heavy (non-hydrogen) atoms. The molecule has 0 bridgehead atoms. The summed E-state index contributed by atoms with van der Waals surface area (Å²) in [5.74, 6) is 0.646. The van der Waals surface area contributed by atoms with Crippen LogP contribution in [0.1, 0.15) is 6.92 Å². The van der Waals surface area contributed by atoms with Crippen LogP contribution in [0.4, 0.5) is 0 Å². The van der Waals surface area contributed by atoms with Gasteiger partial charge < -0.3 is 10.8 Å². The second-order valence-electron chi connectivity index (χ2n) is 3.53. The highest BCUT2D eigenvalue weighted by atomic mass is 35.5. The molecule has 1 atom stereocenters. The van der Waals surface area contributed by atoms with Crippen LogP contribution >= 0.6 is 23.4 Å². The maximum Gasteiger partial charge on any atom is 0.0616 e. The Morgan fingerprint density at radius 2 is 2.14 bits per heavy atom. The first-order valence-electron chi connectivity index (χ1n) is 4.32. The van der Waals surface area contributed by atoms with Gasteiger partial charge in [-0.2, -0.15) is 0 Å². The molecule has 1 aromatic carbocycles. The van der Waals surface area contributed by atoms with Crippen molar-refractivity contribution in [2.45, 2.75) is 17.4 Å². The highest BCUT2D eigenvalue weighted by Crippen LogP contribution is 2.28. The molecule has 1 rings (SSSR count). The molecular weight excluding hydrogens is 218 g/mol. The lowest BCUT2D eigenvalue weighted by atomic mass is 10.1. The van der Waals surface area contributed by atoms with Crippen LogP contribution in [0.5, 0.6) is 0 Å². The number of aliphatic hydroxyl groups excluding tert-OH is 1. The van der Waals surface area contributed by atoms with E-state index in [1.807, 2.05) is 31.2 Å². The van der Waals surface area contributed by atoms with Gasteiger partial charge in [0.1, 0.15) is 0 Å². The lowest BCUT2D eigenvalue weighted by Crippen LogP contribution is -2.42. The smallest absolute Gasteiger partial charge is 0.0616 e. The highest BCUT2D eigenvalue weighted by molar-refractivity contribution is 7.99. The predicted octanol–water partition coefficient (Wildman–Crippen LogP) is 2.14. The lowest BCUT2D eigenvalue weighted by molar-refractivity contribution is 0.224. The molecule has 0 aliphatic rings. The molecule has 0 saturated heterocycles. The van der Waals surface area contributed by atoms with E-state index < -0.39 is 5.54 Å². The van der Waals surface area contributed by atoms with Gasteiger partial charge in [-0.05, 0) is 19.1 Å². The van der Waals surface area contributed by atoms with Crippen LogP contribution in [0.25, 0.3) is 0 Å². The van der Waals surface area contributed by atoms with Gasteiger partial charge in [0, 0.05) is 16.2 Å². The predicted molar refractivity (Wildman–Crippen MR) is 61.9 cm³/mol. The van der Waals surface area contributed by atoms with Gasteiger partial charge in [-0.3, -0.25) is 0 Å². The van der Waals surface area contributed by atoms with Gasteiger partial charge in [-0.25, -0.2) is 0 Å². The van der Waals surface area contributed by atoms with Crippen LogP contribution in [-0.4, -0.2) is 23.0 Å². The van der Waals surface area contributed by atoms with E-state index in [4.69, 9.17) is 22.4 Å². The maximum atomic E-state index is 8.97. The fourth-order valence-electron chi connectivity index (χ4n) is 0.850. The Kier molecular flexibility index (Phi) is 4.26. The summed E-state index contributed by atoms with van der Waals surface area (Å²) in [6.07, 6.45) is 0. The summed E-state index contributed by atoms with van der Waals surface area (Å²) in [5, 5.41) is 9.70. The van der Waals surface area contributed by atoms with E-state index in [1.54, 1.807) is 11.8 Å². The minimum absolute atomic E-state index is 0.0234. The molecule has 1 unspecified atom stereocenters. The molecule has 0 spiro atoms. The average Bonchev–Trinajstić information content (AvgIpc) is 2.17. The largest absolute Gasteiger partial charge is 0.394 e. The van der Waals surface area contributed by atoms with Crippen LogP contribution < -0.4 is 5.73 Å². The maximum absolute atomic E-state index is 8.97. The molecule has 0 aromatic heterocycles. The molecule has 3 N–H and O–H groups in total. The minimum Gasteiger partial charge on any atom is -0.394 e. The van der Waals surface area contributed by atoms with Gasteiger partial charge in [0.25, 0.3) is 0 Å². The number of halogens is 1. The van der Waals surface area contributed by atoms with Crippen LogP contribution in [-0.2, 0) is 0 Å². The van der Waals surface area contributed by atoms with E-state index in [1.165, 1.54) is 0 Å². The third-order valence-electron chi connectivity index (χ3n) is 1.76. The van der Waals surface area contributed by atoms with Crippen LogP contribution in [0.3, 0.4) is 0 Å². The second-order valence-corrected chi connectivity index (χ2v) is 4.96. The van der Waals surface area contributed by atoms with Gasteiger partial charge in [0.15, 0.2) is 0 Å². The summed E-state index contributed by atoms with van der Waals surface area (Å²) in [7, 11) is 0. The van der Waals surface area contributed by atoms with Crippen molar-refractivity contribution in [1.29, 1.82) is 0 Å². The van der Waals surface area contributed by atoms with Crippen molar-refractivity contribution in [3.63, 3.8) is 0 Å². The first kappa shape index (κ1) is 11.9. The van der Waals surface area contributed by atoms with E-state index in [0.717, 1.165) is 9.92 Å². The number of nitrogens with two attached hydrogens (primary N) is 1. The zero-order valence-electron chi connectivity index (χ0n) is 8.03. The molecule has 0 fully saturated rings. The average molecular weight is 232 g/mol. The minimum atomic E-state index is -0.552. The third-order valence-corrected chi connectivity index (χ3v) is 3.67. The topological polar surface area (TPSA) is 46.2 Å². The number of aliphatic hydroxyl groups is 1. The monoisotopic (exact) mass is 231 g/mol. The Labute approximate surface area is 93.5 Å². The van der Waals surface area contributed by atoms with Crippen LogP contribution in [0.15, 0.2) is 29.2 Å². The first-order valence-corrected chi connectivity index (χ1v) is 5.68. The summed E-state index contributed by atoms with van der Waals surface area (Å²) in [5.41, 5.74) is 5.25. The first-order chi connectivity index (χ1) is 6.55. The van der Waals surface area contributed by atoms with Crippen molar-refractivity contribution in [3.05, 3.63) is 29.3 Å². The standard InChI is InChI=1S/C10H14ClNOS/c1-10(12,6-13)7-14-9-5-3-2-4-8(9)11/h2-5,13H,6-7,12H2,1H3. The number of hydrogen-bond donors (Lipinski definition) is 2. The summed E-state index contributed by atoms with van der Waals surface area (Å²) in [6.45, 7) is 1.79. The normalized spacial score (nSPS) is 15.1. The van der Waals surface area contributed by atoms with E-state index in [0.29, 0.717) is 5.75 Å². The summed E-state index contributed by atoms with van der Waals surface area (Å²) in [4.78, 5) is 0.999. The zero-order chi connectivity index (χ0) is 10.6. The van der Waals surface area contributed by atoms with Crippen molar-refractivity contribution in [2.75, 3.05) is 12.4 Å². The molecule has 0 radical (unpaired) electrons. The fraction of sp³-hybridized carbons (Fsp3) is 0.400. The Hall–Kier alpha value is -0.220. The summed E-state index contributed by atoms with van der Waals surface area (Å²) in [6, 6.07) is 7.61. The Morgan fingerprint density at radius 1 is 1.50 bits per heavy atom. The van der Waals surface area contributed by atoms with Gasteiger partial charge in [0.05, 0.1) is 11.6 Å². The molecule has 0 aliphatic carbocycles. The molecule has 0 aliphatic heterocycles. The molecule has 78 valence electrons.